The number of hydrogen-bond donors (Lipinski definition) is 1. The van der Waals surface area contributed by atoms with E-state index in [1.807, 2.05) is 17.0 Å². The molecule has 2 aromatic carbocycles. The Morgan fingerprint density at radius 2 is 1.92 bits per heavy atom. The van der Waals surface area contributed by atoms with Gasteiger partial charge in [0.05, 0.1) is 12.1 Å². The summed E-state index contributed by atoms with van der Waals surface area (Å²) in [5.74, 6) is 1.25. The summed E-state index contributed by atoms with van der Waals surface area (Å²) < 4.78 is 10.6. The van der Waals surface area contributed by atoms with E-state index in [1.54, 1.807) is 18.2 Å². The first kappa shape index (κ1) is 14.3. The van der Waals surface area contributed by atoms with Crippen molar-refractivity contribution in [1.29, 1.82) is 0 Å². The Morgan fingerprint density at radius 1 is 1.08 bits per heavy atom. The molecule has 0 aromatic heterocycles. The maximum atomic E-state index is 12.7. The molecule has 2 amide bonds. The first-order valence-corrected chi connectivity index (χ1v) is 8.36. The minimum absolute atomic E-state index is 0.129. The first-order valence-electron chi connectivity index (χ1n) is 8.36. The molecule has 6 nitrogen and oxygen atoms in total. The van der Waals surface area contributed by atoms with Crippen molar-refractivity contribution >= 4 is 23.2 Å². The van der Waals surface area contributed by atoms with Gasteiger partial charge in [-0.3, -0.25) is 9.59 Å². The number of benzene rings is 2. The number of aryl methyl sites for hydroxylation is 1. The highest BCUT2D eigenvalue weighted by Crippen LogP contribution is 2.38. The predicted molar refractivity (Wildman–Crippen MR) is 91.3 cm³/mol. The van der Waals surface area contributed by atoms with Crippen LogP contribution in [0.25, 0.3) is 0 Å². The Labute approximate surface area is 144 Å². The maximum absolute atomic E-state index is 12.7. The highest BCUT2D eigenvalue weighted by atomic mass is 16.7. The van der Waals surface area contributed by atoms with Crippen molar-refractivity contribution in [2.75, 3.05) is 23.6 Å². The zero-order chi connectivity index (χ0) is 17.0. The average Bonchev–Trinajstić information content (AvgIpc) is 3.20. The molecule has 0 aliphatic carbocycles. The summed E-state index contributed by atoms with van der Waals surface area (Å²) in [5.41, 5.74) is 4.31. The van der Waals surface area contributed by atoms with Crippen LogP contribution in [0.2, 0.25) is 0 Å². The lowest BCUT2D eigenvalue weighted by Crippen LogP contribution is -2.31. The highest BCUT2D eigenvalue weighted by Gasteiger charge is 2.32. The molecule has 0 unspecified atom stereocenters. The van der Waals surface area contributed by atoms with Gasteiger partial charge in [0.1, 0.15) is 0 Å². The number of hydrogen-bond acceptors (Lipinski definition) is 4. The van der Waals surface area contributed by atoms with E-state index in [0.717, 1.165) is 36.2 Å². The molecule has 0 saturated carbocycles. The molecule has 25 heavy (non-hydrogen) atoms. The van der Waals surface area contributed by atoms with Crippen molar-refractivity contribution in [2.24, 2.45) is 0 Å². The van der Waals surface area contributed by atoms with E-state index in [-0.39, 0.29) is 18.6 Å². The fourth-order valence-corrected chi connectivity index (χ4v) is 3.79. The normalized spacial score (nSPS) is 16.8. The van der Waals surface area contributed by atoms with Gasteiger partial charge >= 0.3 is 0 Å². The Kier molecular flexibility index (Phi) is 3.00. The van der Waals surface area contributed by atoms with Crippen LogP contribution in [-0.4, -0.2) is 25.2 Å². The summed E-state index contributed by atoms with van der Waals surface area (Å²) in [6.45, 7) is 0.979. The predicted octanol–water partition coefficient (Wildman–Crippen LogP) is 2.50. The number of carbonyl (C=O) groups excluding carboxylic acids is 2. The zero-order valence-electron chi connectivity index (χ0n) is 13.5. The average molecular weight is 336 g/mol. The van der Waals surface area contributed by atoms with Crippen molar-refractivity contribution in [3.63, 3.8) is 0 Å². The second-order valence-electron chi connectivity index (χ2n) is 6.49. The summed E-state index contributed by atoms with van der Waals surface area (Å²) in [7, 11) is 0. The van der Waals surface area contributed by atoms with Crippen LogP contribution in [0.5, 0.6) is 11.5 Å². The summed E-state index contributed by atoms with van der Waals surface area (Å²) >= 11 is 0. The molecule has 0 atom stereocenters. The molecule has 6 heteroatoms. The molecule has 3 heterocycles. The van der Waals surface area contributed by atoms with Crippen LogP contribution in [-0.2, 0) is 17.6 Å². The topological polar surface area (TPSA) is 67.9 Å². The quantitative estimate of drug-likeness (QED) is 0.915. The second kappa shape index (κ2) is 5.24. The van der Waals surface area contributed by atoms with Crippen LogP contribution in [0, 0.1) is 0 Å². The molecule has 126 valence electrons. The zero-order valence-corrected chi connectivity index (χ0v) is 13.5. The van der Waals surface area contributed by atoms with Crippen LogP contribution in [0.1, 0.15) is 27.9 Å². The molecule has 1 N–H and O–H groups in total. The van der Waals surface area contributed by atoms with Gasteiger partial charge < -0.3 is 19.7 Å². The van der Waals surface area contributed by atoms with E-state index < -0.39 is 0 Å². The molecule has 0 fully saturated rings. The molecule has 0 bridgehead atoms. The summed E-state index contributed by atoms with van der Waals surface area (Å²) in [6, 6.07) is 9.06. The van der Waals surface area contributed by atoms with Gasteiger partial charge in [0.15, 0.2) is 11.5 Å². The number of anilines is 2. The van der Waals surface area contributed by atoms with Crippen molar-refractivity contribution in [3.8, 4) is 11.5 Å². The molecule has 0 radical (unpaired) electrons. The fraction of sp³-hybridized carbons (Fsp3) is 0.263. The second-order valence-corrected chi connectivity index (χ2v) is 6.49. The number of ether oxygens (including phenoxy) is 2. The van der Waals surface area contributed by atoms with Gasteiger partial charge in [-0.15, -0.1) is 0 Å². The molecule has 0 spiro atoms. The van der Waals surface area contributed by atoms with Gasteiger partial charge in [-0.25, -0.2) is 0 Å². The van der Waals surface area contributed by atoms with Crippen LogP contribution < -0.4 is 19.7 Å². The molecule has 3 aliphatic heterocycles. The maximum Gasteiger partial charge on any atom is 0.255 e. The number of carbonyl (C=O) groups is 2. The third-order valence-electron chi connectivity index (χ3n) is 4.90. The van der Waals surface area contributed by atoms with E-state index >= 15 is 0 Å². The Morgan fingerprint density at radius 3 is 2.84 bits per heavy atom. The molecular weight excluding hydrogens is 320 g/mol. The third kappa shape index (κ3) is 2.25. The number of nitrogens with one attached hydrogen (secondary N) is 1. The molecule has 5 rings (SSSR count). The Hall–Kier alpha value is -3.02. The van der Waals surface area contributed by atoms with Crippen LogP contribution in [0.4, 0.5) is 11.4 Å². The van der Waals surface area contributed by atoms with Gasteiger partial charge in [0.25, 0.3) is 5.91 Å². The minimum atomic E-state index is -0.186. The van der Waals surface area contributed by atoms with Gasteiger partial charge in [-0.05, 0) is 48.2 Å². The lowest BCUT2D eigenvalue weighted by Gasteiger charge is -2.25. The molecular formula is C19H16N2O4. The lowest BCUT2D eigenvalue weighted by molar-refractivity contribution is -0.117. The van der Waals surface area contributed by atoms with E-state index in [9.17, 15) is 9.59 Å². The number of nitrogens with zero attached hydrogens (tertiary/aromatic N) is 1. The number of amides is 2. The van der Waals surface area contributed by atoms with Gasteiger partial charge in [-0.2, -0.15) is 0 Å². The lowest BCUT2D eigenvalue weighted by atomic mass is 9.96. The Bertz CT molecular complexity index is 922. The SMILES string of the molecule is O=C(Nc1ccc2c(c1)OCO2)c1cc2c3c(c1)CC(=O)N3CCC2. The number of rotatable bonds is 2. The van der Waals surface area contributed by atoms with Crippen LogP contribution in [0.15, 0.2) is 30.3 Å². The van der Waals surface area contributed by atoms with Crippen LogP contribution in [0.3, 0.4) is 0 Å². The summed E-state index contributed by atoms with van der Waals surface area (Å²) in [6.07, 6.45) is 2.22. The van der Waals surface area contributed by atoms with Crippen LogP contribution >= 0.6 is 0 Å². The van der Waals surface area contributed by atoms with E-state index in [1.165, 1.54) is 0 Å². The Balaban J connectivity index is 1.45. The third-order valence-corrected chi connectivity index (χ3v) is 4.90. The number of fused-ring (bicyclic) bond motifs is 1. The summed E-state index contributed by atoms with van der Waals surface area (Å²) in [5, 5.41) is 2.90. The van der Waals surface area contributed by atoms with Crippen molar-refractivity contribution in [1.82, 2.24) is 0 Å². The van der Waals surface area contributed by atoms with Gasteiger partial charge in [0.2, 0.25) is 12.7 Å². The van der Waals surface area contributed by atoms with Crippen molar-refractivity contribution in [2.45, 2.75) is 19.3 Å². The van der Waals surface area contributed by atoms with Crippen molar-refractivity contribution < 1.29 is 19.1 Å². The van der Waals surface area contributed by atoms with Gasteiger partial charge in [-0.1, -0.05) is 0 Å². The molecule has 0 saturated heterocycles. The van der Waals surface area contributed by atoms with E-state index in [4.69, 9.17) is 9.47 Å². The summed E-state index contributed by atoms with van der Waals surface area (Å²) in [4.78, 5) is 26.7. The minimum Gasteiger partial charge on any atom is -0.454 e. The van der Waals surface area contributed by atoms with Gasteiger partial charge in [0, 0.05) is 23.9 Å². The van der Waals surface area contributed by atoms with E-state index in [2.05, 4.69) is 5.32 Å². The molecule has 3 aliphatic rings. The first-order chi connectivity index (χ1) is 12.2. The van der Waals surface area contributed by atoms with Crippen molar-refractivity contribution in [3.05, 3.63) is 47.0 Å². The smallest absolute Gasteiger partial charge is 0.255 e. The molecule has 2 aromatic rings. The monoisotopic (exact) mass is 336 g/mol. The largest absolute Gasteiger partial charge is 0.454 e. The van der Waals surface area contributed by atoms with E-state index in [0.29, 0.717) is 29.2 Å². The fourth-order valence-electron chi connectivity index (χ4n) is 3.79. The standard InChI is InChI=1S/C19H16N2O4/c22-17-8-12-7-13(6-11-2-1-5-21(17)18(11)12)19(23)20-14-3-4-15-16(9-14)25-10-24-15/h3-4,6-7,9H,1-2,5,8,10H2,(H,20,23). The highest BCUT2D eigenvalue weighted by molar-refractivity contribution is 6.08.